The van der Waals surface area contributed by atoms with Crippen molar-refractivity contribution in [1.82, 2.24) is 24.7 Å². The molecule has 8 nitrogen and oxygen atoms in total. The van der Waals surface area contributed by atoms with Gasteiger partial charge in [0.05, 0.1) is 12.8 Å². The Kier molecular flexibility index (Phi) is 4.59. The van der Waals surface area contributed by atoms with Crippen LogP contribution in [0.25, 0.3) is 16.9 Å². The highest BCUT2D eigenvalue weighted by atomic mass is 16.5. The van der Waals surface area contributed by atoms with E-state index in [1.807, 2.05) is 42.6 Å². The number of imidazole rings is 1. The highest BCUT2D eigenvalue weighted by Crippen LogP contribution is 2.18. The lowest BCUT2D eigenvalue weighted by atomic mass is 10.2. The van der Waals surface area contributed by atoms with Crippen LogP contribution < -0.4 is 15.8 Å². The second-order valence-corrected chi connectivity index (χ2v) is 6.14. The monoisotopic (exact) mass is 374 g/mol. The first-order valence-electron chi connectivity index (χ1n) is 8.61. The fourth-order valence-corrected chi connectivity index (χ4v) is 2.84. The topological polar surface area (TPSA) is 107 Å². The van der Waals surface area contributed by atoms with Gasteiger partial charge in [-0.1, -0.05) is 12.1 Å². The Morgan fingerprint density at radius 3 is 2.89 bits per heavy atom. The first-order valence-corrected chi connectivity index (χ1v) is 8.61. The predicted octanol–water partition coefficient (Wildman–Crippen LogP) is 2.31. The molecule has 0 fully saturated rings. The van der Waals surface area contributed by atoms with Gasteiger partial charge < -0.3 is 20.2 Å². The first kappa shape index (κ1) is 17.5. The quantitative estimate of drug-likeness (QED) is 0.555. The number of benzene rings is 1. The lowest BCUT2D eigenvalue weighted by Crippen LogP contribution is -2.23. The SMILES string of the molecule is COc1cccc(CNC(=O)c2cn3cc(-c4ccnc(N)n4)ccc3n2)c1. The highest BCUT2D eigenvalue weighted by Gasteiger charge is 2.12. The van der Waals surface area contributed by atoms with E-state index in [1.54, 1.807) is 30.0 Å². The third kappa shape index (κ3) is 3.61. The molecule has 28 heavy (non-hydrogen) atoms. The minimum absolute atomic E-state index is 0.209. The van der Waals surface area contributed by atoms with E-state index in [1.165, 1.54) is 0 Å². The second kappa shape index (κ2) is 7.36. The largest absolute Gasteiger partial charge is 0.497 e. The van der Waals surface area contributed by atoms with Crippen molar-refractivity contribution in [3.63, 3.8) is 0 Å². The third-order valence-corrected chi connectivity index (χ3v) is 4.24. The number of aromatic nitrogens is 4. The summed E-state index contributed by atoms with van der Waals surface area (Å²) in [5.74, 6) is 0.706. The molecule has 3 N–H and O–H groups in total. The van der Waals surface area contributed by atoms with Crippen LogP contribution in [0.1, 0.15) is 16.1 Å². The zero-order chi connectivity index (χ0) is 19.5. The van der Waals surface area contributed by atoms with E-state index in [2.05, 4.69) is 20.3 Å². The Morgan fingerprint density at radius 1 is 1.18 bits per heavy atom. The number of pyridine rings is 1. The van der Waals surface area contributed by atoms with Crippen LogP contribution in [0, 0.1) is 0 Å². The van der Waals surface area contributed by atoms with Crippen molar-refractivity contribution in [1.29, 1.82) is 0 Å². The molecule has 0 radical (unpaired) electrons. The molecule has 8 heteroatoms. The van der Waals surface area contributed by atoms with Crippen LogP contribution >= 0.6 is 0 Å². The number of carbonyl (C=O) groups excluding carboxylic acids is 1. The number of ether oxygens (including phenoxy) is 1. The lowest BCUT2D eigenvalue weighted by Gasteiger charge is -2.05. The summed E-state index contributed by atoms with van der Waals surface area (Å²) in [6, 6.07) is 13.0. The Labute approximate surface area is 161 Å². The molecule has 3 heterocycles. The number of methoxy groups -OCH3 is 1. The summed E-state index contributed by atoms with van der Waals surface area (Å²) >= 11 is 0. The van der Waals surface area contributed by atoms with Gasteiger partial charge in [-0.2, -0.15) is 0 Å². The molecule has 0 saturated heterocycles. The molecule has 3 aromatic heterocycles. The second-order valence-electron chi connectivity index (χ2n) is 6.14. The van der Waals surface area contributed by atoms with Gasteiger partial charge >= 0.3 is 0 Å². The summed E-state index contributed by atoms with van der Waals surface area (Å²) in [6.07, 6.45) is 5.14. The van der Waals surface area contributed by atoms with E-state index in [0.717, 1.165) is 16.9 Å². The van der Waals surface area contributed by atoms with Gasteiger partial charge in [0.25, 0.3) is 5.91 Å². The van der Waals surface area contributed by atoms with Gasteiger partial charge in [-0.05, 0) is 35.9 Å². The normalized spacial score (nSPS) is 10.8. The molecule has 4 aromatic rings. The van der Waals surface area contributed by atoms with Crippen molar-refractivity contribution in [2.75, 3.05) is 12.8 Å². The molecule has 0 unspecified atom stereocenters. The van der Waals surface area contributed by atoms with Crippen LogP contribution in [0.4, 0.5) is 5.95 Å². The van der Waals surface area contributed by atoms with Crippen LogP contribution in [0.3, 0.4) is 0 Å². The molecule has 4 rings (SSSR count). The van der Waals surface area contributed by atoms with Gasteiger partial charge in [0.15, 0.2) is 0 Å². The number of hydrogen-bond donors (Lipinski definition) is 2. The predicted molar refractivity (Wildman–Crippen MR) is 105 cm³/mol. The zero-order valence-electron chi connectivity index (χ0n) is 15.2. The maximum atomic E-state index is 12.5. The molecule has 0 atom stereocenters. The number of anilines is 1. The molecule has 0 spiro atoms. The standard InChI is InChI=1S/C20H18N6O2/c1-28-15-4-2-3-13(9-15)10-23-19(27)17-12-26-11-14(5-6-18(26)24-17)16-7-8-22-20(21)25-16/h2-9,11-12H,10H2,1H3,(H,23,27)(H2,21,22,25). The maximum Gasteiger partial charge on any atom is 0.271 e. The van der Waals surface area contributed by atoms with E-state index in [9.17, 15) is 4.79 Å². The summed E-state index contributed by atoms with van der Waals surface area (Å²) in [5.41, 5.74) is 9.14. The average molecular weight is 374 g/mol. The highest BCUT2D eigenvalue weighted by molar-refractivity contribution is 5.92. The van der Waals surface area contributed by atoms with Gasteiger partial charge in [-0.3, -0.25) is 4.79 Å². The number of carbonyl (C=O) groups is 1. The van der Waals surface area contributed by atoms with E-state index in [4.69, 9.17) is 10.5 Å². The summed E-state index contributed by atoms with van der Waals surface area (Å²) in [6.45, 7) is 0.384. The van der Waals surface area contributed by atoms with Crippen LogP contribution in [0.5, 0.6) is 5.75 Å². The number of fused-ring (bicyclic) bond motifs is 1. The van der Waals surface area contributed by atoms with Crippen molar-refractivity contribution in [3.8, 4) is 17.0 Å². The van der Waals surface area contributed by atoms with Gasteiger partial charge in [-0.15, -0.1) is 0 Å². The number of nitrogens with one attached hydrogen (secondary N) is 1. The van der Waals surface area contributed by atoms with E-state index < -0.39 is 0 Å². The van der Waals surface area contributed by atoms with Crippen LogP contribution in [0.15, 0.2) is 61.1 Å². The van der Waals surface area contributed by atoms with Gasteiger partial charge in [0.2, 0.25) is 5.95 Å². The van der Waals surface area contributed by atoms with Crippen molar-refractivity contribution in [2.45, 2.75) is 6.54 Å². The summed E-state index contributed by atoms with van der Waals surface area (Å²) in [7, 11) is 1.61. The van der Waals surface area contributed by atoms with Crippen molar-refractivity contribution < 1.29 is 9.53 Å². The summed E-state index contributed by atoms with van der Waals surface area (Å²) in [4.78, 5) is 25.0. The molecule has 1 aromatic carbocycles. The molecule has 140 valence electrons. The molecule has 0 bridgehead atoms. The van der Waals surface area contributed by atoms with Crippen molar-refractivity contribution in [2.24, 2.45) is 0 Å². The van der Waals surface area contributed by atoms with Crippen molar-refractivity contribution in [3.05, 3.63) is 72.3 Å². The van der Waals surface area contributed by atoms with Crippen LogP contribution in [0.2, 0.25) is 0 Å². The number of amides is 1. The fourth-order valence-electron chi connectivity index (χ4n) is 2.84. The average Bonchev–Trinajstić information content (AvgIpc) is 3.15. The molecule has 1 amide bonds. The molecule has 0 aliphatic rings. The molecule has 0 aliphatic carbocycles. The van der Waals surface area contributed by atoms with Gasteiger partial charge in [0, 0.05) is 30.7 Å². The number of nitrogens with two attached hydrogens (primary N) is 1. The Morgan fingerprint density at radius 2 is 2.07 bits per heavy atom. The Balaban J connectivity index is 1.53. The van der Waals surface area contributed by atoms with E-state index in [0.29, 0.717) is 23.6 Å². The maximum absolute atomic E-state index is 12.5. The Hall–Kier alpha value is -3.94. The van der Waals surface area contributed by atoms with Crippen molar-refractivity contribution >= 4 is 17.5 Å². The molecular formula is C20H18N6O2. The number of nitrogen functional groups attached to an aromatic ring is 1. The lowest BCUT2D eigenvalue weighted by molar-refractivity contribution is 0.0946. The fraction of sp³-hybridized carbons (Fsp3) is 0.100. The van der Waals surface area contributed by atoms with Crippen LogP contribution in [-0.4, -0.2) is 32.4 Å². The number of rotatable bonds is 5. The third-order valence-electron chi connectivity index (χ3n) is 4.24. The minimum Gasteiger partial charge on any atom is -0.497 e. The van der Waals surface area contributed by atoms with Gasteiger partial charge in [0.1, 0.15) is 17.1 Å². The Bertz CT molecular complexity index is 1150. The van der Waals surface area contributed by atoms with E-state index in [-0.39, 0.29) is 11.9 Å². The molecule has 0 aliphatic heterocycles. The summed E-state index contributed by atoms with van der Waals surface area (Å²) in [5, 5.41) is 2.87. The smallest absolute Gasteiger partial charge is 0.271 e. The molecule has 0 saturated carbocycles. The molecular weight excluding hydrogens is 356 g/mol. The van der Waals surface area contributed by atoms with Gasteiger partial charge in [-0.25, -0.2) is 15.0 Å². The zero-order valence-corrected chi connectivity index (χ0v) is 15.2. The van der Waals surface area contributed by atoms with Crippen LogP contribution in [-0.2, 0) is 6.54 Å². The first-order chi connectivity index (χ1) is 13.6. The summed E-state index contributed by atoms with van der Waals surface area (Å²) < 4.78 is 6.98. The number of nitrogens with zero attached hydrogens (tertiary/aromatic N) is 4. The minimum atomic E-state index is -0.251. The van der Waals surface area contributed by atoms with E-state index >= 15 is 0 Å². The number of hydrogen-bond acceptors (Lipinski definition) is 6.